The lowest BCUT2D eigenvalue weighted by atomic mass is 9.96. The van der Waals surface area contributed by atoms with Crippen molar-refractivity contribution in [1.82, 2.24) is 0 Å². The first-order chi connectivity index (χ1) is 6.59. The van der Waals surface area contributed by atoms with E-state index in [0.29, 0.717) is 10.0 Å². The third-order valence-corrected chi connectivity index (χ3v) is 3.11. The maximum atomic E-state index is 11.4. The van der Waals surface area contributed by atoms with Crippen molar-refractivity contribution in [2.45, 2.75) is 0 Å². The van der Waals surface area contributed by atoms with Crippen molar-refractivity contribution < 1.29 is 9.59 Å². The Bertz CT molecular complexity index is 475. The number of Topliss-reactive ketones (excluding diaryl/α,β-unsaturated/α-hetero) is 1. The molecule has 0 atom stereocenters. The number of fused-ring (bicyclic) bond motifs is 1. The highest BCUT2D eigenvalue weighted by molar-refractivity contribution is 9.15. The topological polar surface area (TPSA) is 34.1 Å². The number of hydrogen-bond donors (Lipinski definition) is 0. The molecule has 4 heteroatoms. The molecule has 0 N–H and O–H groups in total. The molecule has 14 heavy (non-hydrogen) atoms. The summed E-state index contributed by atoms with van der Waals surface area (Å²) < 4.78 is 1.53. The molecule has 0 saturated heterocycles. The van der Waals surface area contributed by atoms with E-state index in [1.807, 2.05) is 0 Å². The Labute approximate surface area is 97.3 Å². The van der Waals surface area contributed by atoms with Crippen molar-refractivity contribution in [2.24, 2.45) is 0 Å². The van der Waals surface area contributed by atoms with E-state index in [9.17, 15) is 9.59 Å². The zero-order valence-corrected chi connectivity index (χ0v) is 10.1. The third kappa shape index (κ3) is 1.48. The average Bonchev–Trinajstić information content (AvgIpc) is 2.14. The van der Waals surface area contributed by atoms with Crippen molar-refractivity contribution in [3.63, 3.8) is 0 Å². The molecule has 0 bridgehead atoms. The van der Waals surface area contributed by atoms with Gasteiger partial charge in [-0.2, -0.15) is 0 Å². The van der Waals surface area contributed by atoms with Crippen molar-refractivity contribution in [2.75, 3.05) is 0 Å². The fourth-order valence-corrected chi connectivity index (χ4v) is 2.20. The number of hydrogen-bond acceptors (Lipinski definition) is 2. The van der Waals surface area contributed by atoms with Crippen molar-refractivity contribution in [3.8, 4) is 0 Å². The highest BCUT2D eigenvalue weighted by atomic mass is 79.9. The predicted octanol–water partition coefficient (Wildman–Crippen LogP) is 2.95. The molecule has 0 unspecified atom stereocenters. The summed E-state index contributed by atoms with van der Waals surface area (Å²) in [6, 6.07) is 5.20. The lowest BCUT2D eigenvalue weighted by Gasteiger charge is -2.11. The van der Waals surface area contributed by atoms with E-state index >= 15 is 0 Å². The Kier molecular flexibility index (Phi) is 2.41. The highest BCUT2D eigenvalue weighted by Crippen LogP contribution is 2.31. The van der Waals surface area contributed by atoms with Crippen molar-refractivity contribution >= 4 is 47.9 Å². The molecule has 2 nitrogen and oxygen atoms in total. The largest absolute Gasteiger partial charge is 0.286 e. The number of halogens is 2. The zero-order valence-electron chi connectivity index (χ0n) is 6.88. The minimum atomic E-state index is -0.480. The molecule has 1 aromatic rings. The maximum Gasteiger partial charge on any atom is 0.233 e. The normalized spacial score (nSPS) is 15.1. The van der Waals surface area contributed by atoms with E-state index in [0.717, 1.165) is 10.0 Å². The van der Waals surface area contributed by atoms with Crippen LogP contribution in [0, 0.1) is 0 Å². The van der Waals surface area contributed by atoms with Gasteiger partial charge in [0.05, 0.1) is 0 Å². The second-order valence-corrected chi connectivity index (χ2v) is 4.65. The molecule has 70 valence electrons. The zero-order chi connectivity index (χ0) is 10.3. The smallest absolute Gasteiger partial charge is 0.233 e. The first-order valence-corrected chi connectivity index (χ1v) is 5.44. The van der Waals surface area contributed by atoms with Crippen LogP contribution >= 0.6 is 31.9 Å². The highest BCUT2D eigenvalue weighted by Gasteiger charge is 2.24. The van der Waals surface area contributed by atoms with Crippen LogP contribution in [0.3, 0.4) is 0 Å². The molecule has 0 aromatic heterocycles. The van der Waals surface area contributed by atoms with Gasteiger partial charge in [0.1, 0.15) is 0 Å². The Morgan fingerprint density at radius 1 is 1.00 bits per heavy atom. The van der Waals surface area contributed by atoms with Crippen molar-refractivity contribution in [1.29, 1.82) is 0 Å². The number of carbonyl (C=O) groups is 2. The van der Waals surface area contributed by atoms with Gasteiger partial charge in [-0.05, 0) is 18.2 Å². The molecule has 1 aliphatic rings. The van der Waals surface area contributed by atoms with Gasteiger partial charge >= 0.3 is 0 Å². The Balaban J connectivity index is 2.72. The SMILES string of the molecule is O=C1C=C(Br)c2cc(Br)ccc2C1=O. The molecular weight excluding hydrogens is 312 g/mol. The van der Waals surface area contributed by atoms with E-state index in [1.54, 1.807) is 18.2 Å². The number of ketones is 2. The van der Waals surface area contributed by atoms with Gasteiger partial charge in [0.25, 0.3) is 0 Å². The predicted molar refractivity (Wildman–Crippen MR) is 60.4 cm³/mol. The summed E-state index contributed by atoms with van der Waals surface area (Å²) in [5.74, 6) is -0.928. The Morgan fingerprint density at radius 2 is 1.71 bits per heavy atom. The monoisotopic (exact) mass is 314 g/mol. The van der Waals surface area contributed by atoms with Gasteiger partial charge in [0, 0.05) is 26.2 Å². The van der Waals surface area contributed by atoms with Gasteiger partial charge in [-0.25, -0.2) is 0 Å². The van der Waals surface area contributed by atoms with E-state index < -0.39 is 11.6 Å². The molecule has 1 aliphatic carbocycles. The number of benzene rings is 1. The molecule has 0 fully saturated rings. The molecule has 1 aromatic carbocycles. The van der Waals surface area contributed by atoms with Gasteiger partial charge in [0.2, 0.25) is 11.6 Å². The van der Waals surface area contributed by atoms with Crippen LogP contribution in [0.5, 0.6) is 0 Å². The summed E-state index contributed by atoms with van der Waals surface area (Å²) in [4.78, 5) is 22.6. The fourth-order valence-electron chi connectivity index (χ4n) is 1.30. The van der Waals surface area contributed by atoms with E-state index in [1.165, 1.54) is 6.08 Å². The standard InChI is InChI=1S/C10H4Br2O2/c11-5-1-2-6-7(3-5)8(12)4-9(13)10(6)14/h1-4H. The molecular formula is C10H4Br2O2. The average molecular weight is 316 g/mol. The molecule has 0 saturated carbocycles. The molecule has 0 amide bonds. The summed E-state index contributed by atoms with van der Waals surface area (Å²) in [6.45, 7) is 0. The van der Waals surface area contributed by atoms with Crippen LogP contribution in [0.15, 0.2) is 28.7 Å². The van der Waals surface area contributed by atoms with Gasteiger partial charge in [0.15, 0.2) is 0 Å². The van der Waals surface area contributed by atoms with Crippen LogP contribution in [0.25, 0.3) is 4.48 Å². The third-order valence-electron chi connectivity index (χ3n) is 1.97. The van der Waals surface area contributed by atoms with Crippen LogP contribution in [0.1, 0.15) is 15.9 Å². The Morgan fingerprint density at radius 3 is 2.43 bits per heavy atom. The van der Waals surface area contributed by atoms with E-state index in [2.05, 4.69) is 31.9 Å². The molecule has 0 radical (unpaired) electrons. The number of rotatable bonds is 0. The Hall–Kier alpha value is -0.740. The van der Waals surface area contributed by atoms with E-state index in [4.69, 9.17) is 0 Å². The van der Waals surface area contributed by atoms with Crippen LogP contribution in [-0.4, -0.2) is 11.6 Å². The van der Waals surface area contributed by atoms with Crippen LogP contribution < -0.4 is 0 Å². The summed E-state index contributed by atoms with van der Waals surface area (Å²) >= 11 is 6.56. The minimum absolute atomic E-state index is 0.448. The van der Waals surface area contributed by atoms with Gasteiger partial charge in [-0.1, -0.05) is 31.9 Å². The van der Waals surface area contributed by atoms with Crippen LogP contribution in [0.4, 0.5) is 0 Å². The van der Waals surface area contributed by atoms with Crippen LogP contribution in [0.2, 0.25) is 0 Å². The van der Waals surface area contributed by atoms with Gasteiger partial charge < -0.3 is 0 Å². The summed E-state index contributed by atoms with van der Waals surface area (Å²) in [5, 5.41) is 0. The number of allylic oxidation sites excluding steroid dienone is 1. The van der Waals surface area contributed by atoms with Crippen LogP contribution in [-0.2, 0) is 4.79 Å². The second-order valence-electron chi connectivity index (χ2n) is 2.88. The molecule has 2 rings (SSSR count). The van der Waals surface area contributed by atoms with Gasteiger partial charge in [-0.3, -0.25) is 9.59 Å². The van der Waals surface area contributed by atoms with Gasteiger partial charge in [-0.15, -0.1) is 0 Å². The second kappa shape index (κ2) is 3.44. The lowest BCUT2D eigenvalue weighted by molar-refractivity contribution is -0.110. The number of carbonyl (C=O) groups excluding carboxylic acids is 2. The summed E-state index contributed by atoms with van der Waals surface area (Å²) in [6.07, 6.45) is 1.30. The molecule has 0 heterocycles. The first kappa shape index (κ1) is 9.80. The summed E-state index contributed by atoms with van der Waals surface area (Å²) in [7, 11) is 0. The fraction of sp³-hybridized carbons (Fsp3) is 0. The summed E-state index contributed by atoms with van der Waals surface area (Å²) in [5.41, 5.74) is 1.21. The molecule has 0 spiro atoms. The maximum absolute atomic E-state index is 11.4. The minimum Gasteiger partial charge on any atom is -0.286 e. The first-order valence-electron chi connectivity index (χ1n) is 3.85. The lowest BCUT2D eigenvalue weighted by Crippen LogP contribution is -2.17. The van der Waals surface area contributed by atoms with E-state index in [-0.39, 0.29) is 0 Å². The molecule has 0 aliphatic heterocycles. The quantitative estimate of drug-likeness (QED) is 0.690. The van der Waals surface area contributed by atoms with Crippen molar-refractivity contribution in [3.05, 3.63) is 39.9 Å².